The number of rotatable bonds is 3. The van der Waals surface area contributed by atoms with Crippen LogP contribution in [0.2, 0.25) is 5.02 Å². The fraction of sp³-hybridized carbons (Fsp3) is 0.294. The van der Waals surface area contributed by atoms with E-state index in [1.54, 1.807) is 29.2 Å². The van der Waals surface area contributed by atoms with Gasteiger partial charge < -0.3 is 9.64 Å². The second kappa shape index (κ2) is 7.28. The van der Waals surface area contributed by atoms with Crippen molar-refractivity contribution in [3.8, 4) is 12.1 Å². The number of aromatic nitrogens is 2. The Morgan fingerprint density at radius 3 is 2.67 bits per heavy atom. The number of hydrogen-bond donors (Lipinski definition) is 0. The standard InChI is InChI=1S/C17H15ClN4O2/c18-14-9-20-17(21-10-14)24-15-2-1-7-22(11-15)16(23)13-5-3-12(8-19)4-6-13/h3-6,9-10,15H,1-2,7,11H2/t15-/m1/s1. The molecule has 0 radical (unpaired) electrons. The molecule has 3 rings (SSSR count). The third kappa shape index (κ3) is 3.81. The van der Waals surface area contributed by atoms with E-state index in [2.05, 4.69) is 9.97 Å². The Kier molecular flexibility index (Phi) is 4.92. The molecule has 1 aromatic heterocycles. The second-order valence-corrected chi connectivity index (χ2v) is 5.94. The van der Waals surface area contributed by atoms with Crippen molar-refractivity contribution in [3.63, 3.8) is 0 Å². The maximum absolute atomic E-state index is 12.6. The third-order valence-electron chi connectivity index (χ3n) is 3.80. The Hall–Kier alpha value is -2.65. The van der Waals surface area contributed by atoms with Crippen molar-refractivity contribution >= 4 is 17.5 Å². The molecule has 0 spiro atoms. The highest BCUT2D eigenvalue weighted by Crippen LogP contribution is 2.18. The molecule has 24 heavy (non-hydrogen) atoms. The topological polar surface area (TPSA) is 79.1 Å². The van der Waals surface area contributed by atoms with Gasteiger partial charge in [-0.15, -0.1) is 0 Å². The average Bonchev–Trinajstić information content (AvgIpc) is 2.63. The number of likely N-dealkylation sites (tertiary alicyclic amines) is 1. The summed E-state index contributed by atoms with van der Waals surface area (Å²) in [4.78, 5) is 22.4. The summed E-state index contributed by atoms with van der Waals surface area (Å²) in [7, 11) is 0. The zero-order valence-electron chi connectivity index (χ0n) is 12.9. The first-order valence-corrected chi connectivity index (χ1v) is 7.97. The van der Waals surface area contributed by atoms with Crippen LogP contribution in [0.3, 0.4) is 0 Å². The van der Waals surface area contributed by atoms with Crippen molar-refractivity contribution in [1.82, 2.24) is 14.9 Å². The maximum atomic E-state index is 12.6. The summed E-state index contributed by atoms with van der Waals surface area (Å²) in [6.07, 6.45) is 4.49. The van der Waals surface area contributed by atoms with Gasteiger partial charge >= 0.3 is 6.01 Å². The smallest absolute Gasteiger partial charge is 0.316 e. The molecule has 0 unspecified atom stereocenters. The van der Waals surface area contributed by atoms with E-state index in [9.17, 15) is 4.79 Å². The molecule has 1 aliphatic heterocycles. The molecule has 7 heteroatoms. The number of carbonyl (C=O) groups excluding carboxylic acids is 1. The molecule has 1 fully saturated rings. The van der Waals surface area contributed by atoms with Crippen LogP contribution in [0, 0.1) is 11.3 Å². The van der Waals surface area contributed by atoms with E-state index >= 15 is 0 Å². The Bertz CT molecular complexity index is 756. The molecular weight excluding hydrogens is 328 g/mol. The predicted molar refractivity (Wildman–Crippen MR) is 87.8 cm³/mol. The van der Waals surface area contributed by atoms with E-state index in [1.165, 1.54) is 12.4 Å². The van der Waals surface area contributed by atoms with Crippen LogP contribution < -0.4 is 4.74 Å². The highest BCUT2D eigenvalue weighted by Gasteiger charge is 2.26. The fourth-order valence-electron chi connectivity index (χ4n) is 2.60. The van der Waals surface area contributed by atoms with Crippen LogP contribution in [0.15, 0.2) is 36.7 Å². The van der Waals surface area contributed by atoms with Crippen LogP contribution in [0.4, 0.5) is 0 Å². The van der Waals surface area contributed by atoms with Gasteiger partial charge in [0.05, 0.1) is 35.6 Å². The van der Waals surface area contributed by atoms with Crippen molar-refractivity contribution < 1.29 is 9.53 Å². The highest BCUT2D eigenvalue weighted by molar-refractivity contribution is 6.30. The third-order valence-corrected chi connectivity index (χ3v) is 3.99. The summed E-state index contributed by atoms with van der Waals surface area (Å²) in [5, 5.41) is 9.27. The van der Waals surface area contributed by atoms with Gasteiger partial charge in [0.15, 0.2) is 0 Å². The molecule has 1 amide bonds. The van der Waals surface area contributed by atoms with E-state index in [0.717, 1.165) is 12.8 Å². The molecule has 1 saturated heterocycles. The molecule has 0 aliphatic carbocycles. The summed E-state index contributed by atoms with van der Waals surface area (Å²) in [5.41, 5.74) is 1.10. The number of nitriles is 1. The van der Waals surface area contributed by atoms with Gasteiger partial charge in [-0.3, -0.25) is 4.79 Å². The van der Waals surface area contributed by atoms with Crippen LogP contribution in [-0.2, 0) is 0 Å². The molecule has 1 aliphatic rings. The van der Waals surface area contributed by atoms with Crippen molar-refractivity contribution in [2.45, 2.75) is 18.9 Å². The minimum absolute atomic E-state index is 0.0650. The average molecular weight is 343 g/mol. The minimum atomic E-state index is -0.151. The van der Waals surface area contributed by atoms with Gasteiger partial charge in [-0.2, -0.15) is 5.26 Å². The van der Waals surface area contributed by atoms with Gasteiger partial charge in [-0.05, 0) is 37.1 Å². The lowest BCUT2D eigenvalue weighted by Crippen LogP contribution is -2.44. The first-order chi connectivity index (χ1) is 11.7. The second-order valence-electron chi connectivity index (χ2n) is 5.51. The van der Waals surface area contributed by atoms with E-state index < -0.39 is 0 Å². The van der Waals surface area contributed by atoms with E-state index in [-0.39, 0.29) is 18.0 Å². The molecule has 2 aromatic rings. The minimum Gasteiger partial charge on any atom is -0.458 e. The summed E-state index contributed by atoms with van der Waals surface area (Å²) in [6, 6.07) is 8.94. The largest absolute Gasteiger partial charge is 0.458 e. The number of benzene rings is 1. The number of hydrogen-bond acceptors (Lipinski definition) is 5. The van der Waals surface area contributed by atoms with Gasteiger partial charge in [0.25, 0.3) is 5.91 Å². The number of ether oxygens (including phenoxy) is 1. The zero-order chi connectivity index (χ0) is 16.9. The van der Waals surface area contributed by atoms with Crippen LogP contribution in [0.25, 0.3) is 0 Å². The monoisotopic (exact) mass is 342 g/mol. The summed E-state index contributed by atoms with van der Waals surface area (Å²) < 4.78 is 5.75. The van der Waals surface area contributed by atoms with Gasteiger partial charge in [-0.1, -0.05) is 11.6 Å². The first kappa shape index (κ1) is 16.2. The molecule has 122 valence electrons. The van der Waals surface area contributed by atoms with E-state index in [4.69, 9.17) is 21.6 Å². The van der Waals surface area contributed by atoms with Crippen LogP contribution in [-0.4, -0.2) is 40.0 Å². The number of halogens is 1. The lowest BCUT2D eigenvalue weighted by Gasteiger charge is -2.32. The summed E-state index contributed by atoms with van der Waals surface area (Å²) in [5.74, 6) is -0.0650. The SMILES string of the molecule is N#Cc1ccc(C(=O)N2CCC[C@@H](Oc3ncc(Cl)cn3)C2)cc1. The summed E-state index contributed by atoms with van der Waals surface area (Å²) in [6.45, 7) is 1.16. The van der Waals surface area contributed by atoms with Crippen LogP contribution >= 0.6 is 11.6 Å². The van der Waals surface area contributed by atoms with Crippen LogP contribution in [0.5, 0.6) is 6.01 Å². The van der Waals surface area contributed by atoms with Crippen molar-refractivity contribution in [2.24, 2.45) is 0 Å². The number of amides is 1. The molecular formula is C17H15ClN4O2. The lowest BCUT2D eigenvalue weighted by molar-refractivity contribution is 0.0516. The Morgan fingerprint density at radius 1 is 1.29 bits per heavy atom. The zero-order valence-corrected chi connectivity index (χ0v) is 13.6. The van der Waals surface area contributed by atoms with Crippen molar-refractivity contribution in [1.29, 1.82) is 5.26 Å². The summed E-state index contributed by atoms with van der Waals surface area (Å²) >= 11 is 5.76. The van der Waals surface area contributed by atoms with Gasteiger partial charge in [0.2, 0.25) is 0 Å². The number of carbonyl (C=O) groups is 1. The van der Waals surface area contributed by atoms with Gasteiger partial charge in [0.1, 0.15) is 6.10 Å². The molecule has 0 saturated carbocycles. The first-order valence-electron chi connectivity index (χ1n) is 7.59. The molecule has 1 atom stereocenters. The normalized spacial score (nSPS) is 17.2. The van der Waals surface area contributed by atoms with E-state index in [1.807, 2.05) is 6.07 Å². The van der Waals surface area contributed by atoms with Crippen LogP contribution in [0.1, 0.15) is 28.8 Å². The van der Waals surface area contributed by atoms with E-state index in [0.29, 0.717) is 29.2 Å². The fourth-order valence-corrected chi connectivity index (χ4v) is 2.70. The quantitative estimate of drug-likeness (QED) is 0.856. The van der Waals surface area contributed by atoms with Crippen molar-refractivity contribution in [3.05, 3.63) is 52.8 Å². The molecule has 1 aromatic carbocycles. The molecule has 2 heterocycles. The molecule has 0 N–H and O–H groups in total. The maximum Gasteiger partial charge on any atom is 0.316 e. The Morgan fingerprint density at radius 2 is 2.00 bits per heavy atom. The van der Waals surface area contributed by atoms with Gasteiger partial charge in [-0.25, -0.2) is 9.97 Å². The Balaban J connectivity index is 1.65. The van der Waals surface area contributed by atoms with Crippen molar-refractivity contribution in [2.75, 3.05) is 13.1 Å². The Labute approximate surface area is 144 Å². The lowest BCUT2D eigenvalue weighted by atomic mass is 10.1. The number of piperidine rings is 1. The predicted octanol–water partition coefficient (Wildman–Crippen LogP) is 2.69. The molecule has 6 nitrogen and oxygen atoms in total. The molecule has 0 bridgehead atoms. The highest BCUT2D eigenvalue weighted by atomic mass is 35.5. The number of nitrogens with zero attached hydrogens (tertiary/aromatic N) is 4. The van der Waals surface area contributed by atoms with Gasteiger partial charge in [0, 0.05) is 12.1 Å².